The minimum atomic E-state index is 0.165. The van der Waals surface area contributed by atoms with Crippen LogP contribution in [0.1, 0.15) is 24.2 Å². The smallest absolute Gasteiger partial charge is 0.127 e. The van der Waals surface area contributed by atoms with Crippen molar-refractivity contribution in [2.75, 3.05) is 14.2 Å². The Labute approximate surface area is 119 Å². The number of hydrogen-bond acceptors (Lipinski definition) is 4. The van der Waals surface area contributed by atoms with Crippen molar-refractivity contribution >= 4 is 0 Å². The molecular weight excluding hydrogens is 254 g/mol. The van der Waals surface area contributed by atoms with Crippen molar-refractivity contribution in [3.63, 3.8) is 0 Å². The normalized spacial score (nSPS) is 12.2. The van der Waals surface area contributed by atoms with E-state index < -0.39 is 0 Å². The summed E-state index contributed by atoms with van der Waals surface area (Å²) in [4.78, 5) is 0. The number of rotatable bonds is 6. The van der Waals surface area contributed by atoms with Crippen LogP contribution in [-0.4, -0.2) is 24.0 Å². The molecule has 1 atom stereocenters. The van der Waals surface area contributed by atoms with Gasteiger partial charge in [0.2, 0.25) is 0 Å². The summed E-state index contributed by atoms with van der Waals surface area (Å²) in [6, 6.07) is 8.03. The third kappa shape index (κ3) is 3.30. The van der Waals surface area contributed by atoms with Crippen LogP contribution in [0.2, 0.25) is 0 Å². The minimum Gasteiger partial charge on any atom is -0.497 e. The van der Waals surface area contributed by atoms with Crippen LogP contribution >= 0.6 is 0 Å². The van der Waals surface area contributed by atoms with Gasteiger partial charge in [-0.3, -0.25) is 4.68 Å². The van der Waals surface area contributed by atoms with Crippen LogP contribution < -0.4 is 14.8 Å². The molecule has 1 N–H and O–H groups in total. The number of aromatic nitrogens is 2. The summed E-state index contributed by atoms with van der Waals surface area (Å²) in [5.41, 5.74) is 2.12. The second kappa shape index (κ2) is 6.43. The first kappa shape index (κ1) is 14.4. The highest BCUT2D eigenvalue weighted by atomic mass is 16.5. The van der Waals surface area contributed by atoms with Crippen molar-refractivity contribution in [1.82, 2.24) is 15.1 Å². The predicted octanol–water partition coefficient (Wildman–Crippen LogP) is 2.29. The Kier molecular flexibility index (Phi) is 4.63. The van der Waals surface area contributed by atoms with Gasteiger partial charge in [-0.2, -0.15) is 5.10 Å². The van der Waals surface area contributed by atoms with Gasteiger partial charge in [0, 0.05) is 37.5 Å². The van der Waals surface area contributed by atoms with E-state index in [0.717, 1.165) is 29.3 Å². The molecule has 0 aliphatic rings. The summed E-state index contributed by atoms with van der Waals surface area (Å²) >= 11 is 0. The number of hydrogen-bond donors (Lipinski definition) is 1. The molecule has 0 spiro atoms. The van der Waals surface area contributed by atoms with E-state index in [0.29, 0.717) is 0 Å². The molecule has 0 aliphatic carbocycles. The summed E-state index contributed by atoms with van der Waals surface area (Å²) in [6.45, 7) is 2.82. The van der Waals surface area contributed by atoms with Gasteiger partial charge in [0.15, 0.2) is 0 Å². The lowest BCUT2D eigenvalue weighted by Gasteiger charge is -2.17. The van der Waals surface area contributed by atoms with Crippen molar-refractivity contribution in [1.29, 1.82) is 0 Å². The second-order valence-electron chi connectivity index (χ2n) is 4.69. The summed E-state index contributed by atoms with van der Waals surface area (Å²) in [5, 5.41) is 7.79. The van der Waals surface area contributed by atoms with E-state index in [1.807, 2.05) is 37.5 Å². The Morgan fingerprint density at radius 3 is 2.65 bits per heavy atom. The topological polar surface area (TPSA) is 48.3 Å². The maximum Gasteiger partial charge on any atom is 0.127 e. The number of methoxy groups -OCH3 is 2. The van der Waals surface area contributed by atoms with Gasteiger partial charge in [0.05, 0.1) is 19.9 Å². The quantitative estimate of drug-likeness (QED) is 0.878. The van der Waals surface area contributed by atoms with Gasteiger partial charge < -0.3 is 14.8 Å². The van der Waals surface area contributed by atoms with E-state index in [2.05, 4.69) is 17.3 Å². The molecule has 1 heterocycles. The van der Waals surface area contributed by atoms with Crippen molar-refractivity contribution in [2.24, 2.45) is 7.05 Å². The van der Waals surface area contributed by atoms with Gasteiger partial charge in [-0.05, 0) is 19.1 Å². The lowest BCUT2D eigenvalue weighted by atomic mass is 10.1. The Morgan fingerprint density at radius 1 is 1.25 bits per heavy atom. The van der Waals surface area contributed by atoms with Gasteiger partial charge in [-0.25, -0.2) is 0 Å². The van der Waals surface area contributed by atoms with E-state index in [1.54, 1.807) is 18.9 Å². The van der Waals surface area contributed by atoms with Crippen LogP contribution in [0.15, 0.2) is 30.5 Å². The van der Waals surface area contributed by atoms with E-state index in [9.17, 15) is 0 Å². The molecule has 2 rings (SSSR count). The Balaban J connectivity index is 2.06. The first-order valence-corrected chi connectivity index (χ1v) is 6.58. The predicted molar refractivity (Wildman–Crippen MR) is 78.0 cm³/mol. The molecule has 0 saturated heterocycles. The van der Waals surface area contributed by atoms with Crippen molar-refractivity contribution in [3.05, 3.63) is 41.7 Å². The molecular formula is C15H21N3O2. The average Bonchev–Trinajstić information content (AvgIpc) is 2.89. The number of ether oxygens (including phenoxy) is 2. The van der Waals surface area contributed by atoms with Crippen molar-refractivity contribution in [3.8, 4) is 11.5 Å². The van der Waals surface area contributed by atoms with Crippen LogP contribution in [0.4, 0.5) is 0 Å². The van der Waals surface area contributed by atoms with E-state index in [4.69, 9.17) is 9.47 Å². The number of aryl methyl sites for hydroxylation is 1. The third-order valence-electron chi connectivity index (χ3n) is 3.27. The molecule has 20 heavy (non-hydrogen) atoms. The van der Waals surface area contributed by atoms with Gasteiger partial charge in [0.25, 0.3) is 0 Å². The maximum atomic E-state index is 5.43. The summed E-state index contributed by atoms with van der Waals surface area (Å²) < 4.78 is 12.4. The Bertz CT molecular complexity index is 566. The van der Waals surface area contributed by atoms with Crippen molar-refractivity contribution < 1.29 is 9.47 Å². The van der Waals surface area contributed by atoms with Gasteiger partial charge in [-0.15, -0.1) is 0 Å². The average molecular weight is 275 g/mol. The standard InChI is InChI=1S/C15H21N3O2/c1-11(16-10-12-7-8-18(2)17-12)14-6-5-13(19-3)9-15(14)20-4/h5-9,11,16H,10H2,1-4H3. The number of benzene rings is 1. The molecule has 0 bridgehead atoms. The van der Waals surface area contributed by atoms with Gasteiger partial charge >= 0.3 is 0 Å². The molecule has 5 heteroatoms. The van der Waals surface area contributed by atoms with Crippen molar-refractivity contribution in [2.45, 2.75) is 19.5 Å². The monoisotopic (exact) mass is 275 g/mol. The Morgan fingerprint density at radius 2 is 2.05 bits per heavy atom. The van der Waals surface area contributed by atoms with Crippen LogP contribution in [0.5, 0.6) is 11.5 Å². The zero-order valence-electron chi connectivity index (χ0n) is 12.4. The molecule has 0 radical (unpaired) electrons. The molecule has 0 amide bonds. The fourth-order valence-electron chi connectivity index (χ4n) is 2.10. The van der Waals surface area contributed by atoms with E-state index in [-0.39, 0.29) is 6.04 Å². The zero-order chi connectivity index (χ0) is 14.5. The molecule has 2 aromatic rings. The largest absolute Gasteiger partial charge is 0.497 e. The molecule has 0 aliphatic heterocycles. The maximum absolute atomic E-state index is 5.43. The molecule has 5 nitrogen and oxygen atoms in total. The first-order chi connectivity index (χ1) is 9.63. The highest BCUT2D eigenvalue weighted by molar-refractivity contribution is 5.42. The SMILES string of the molecule is COc1ccc(C(C)NCc2ccn(C)n2)c(OC)c1. The molecule has 108 valence electrons. The summed E-state index contributed by atoms with van der Waals surface area (Å²) in [6.07, 6.45) is 1.94. The van der Waals surface area contributed by atoms with Gasteiger partial charge in [-0.1, -0.05) is 6.07 Å². The summed E-state index contributed by atoms with van der Waals surface area (Å²) in [7, 11) is 5.24. The van der Waals surface area contributed by atoms with Gasteiger partial charge in [0.1, 0.15) is 11.5 Å². The van der Waals surface area contributed by atoms with Crippen LogP contribution in [-0.2, 0) is 13.6 Å². The van der Waals surface area contributed by atoms with Crippen LogP contribution in [0.3, 0.4) is 0 Å². The number of nitrogens with zero attached hydrogens (tertiary/aromatic N) is 2. The zero-order valence-corrected chi connectivity index (χ0v) is 12.4. The Hall–Kier alpha value is -2.01. The molecule has 0 saturated carbocycles. The minimum absolute atomic E-state index is 0.165. The molecule has 1 unspecified atom stereocenters. The van der Waals surface area contributed by atoms with E-state index >= 15 is 0 Å². The van der Waals surface area contributed by atoms with Crippen LogP contribution in [0, 0.1) is 0 Å². The molecule has 1 aromatic heterocycles. The summed E-state index contributed by atoms with van der Waals surface area (Å²) in [5.74, 6) is 1.62. The fourth-order valence-corrected chi connectivity index (χ4v) is 2.10. The lowest BCUT2D eigenvalue weighted by molar-refractivity contribution is 0.385. The molecule has 0 fully saturated rings. The number of nitrogens with one attached hydrogen (secondary N) is 1. The first-order valence-electron chi connectivity index (χ1n) is 6.58. The second-order valence-corrected chi connectivity index (χ2v) is 4.69. The third-order valence-corrected chi connectivity index (χ3v) is 3.27. The fraction of sp³-hybridized carbons (Fsp3) is 0.400. The highest BCUT2D eigenvalue weighted by Crippen LogP contribution is 2.29. The van der Waals surface area contributed by atoms with E-state index in [1.165, 1.54) is 0 Å². The highest BCUT2D eigenvalue weighted by Gasteiger charge is 2.12. The lowest BCUT2D eigenvalue weighted by Crippen LogP contribution is -2.19. The molecule has 1 aromatic carbocycles. The van der Waals surface area contributed by atoms with Crippen LogP contribution in [0.25, 0.3) is 0 Å².